The quantitative estimate of drug-likeness (QED) is 0.594. The third kappa shape index (κ3) is 9.92. The summed E-state index contributed by atoms with van der Waals surface area (Å²) in [5, 5.41) is 12.5. The summed E-state index contributed by atoms with van der Waals surface area (Å²) in [5.74, 6) is 0.740. The molecule has 0 radical (unpaired) electrons. The van der Waals surface area contributed by atoms with Crippen molar-refractivity contribution in [2.75, 3.05) is 13.1 Å². The first kappa shape index (κ1) is 10.9. The summed E-state index contributed by atoms with van der Waals surface area (Å²) in [6, 6.07) is 0. The molecule has 0 unspecified atom stereocenters. The fourth-order valence-corrected chi connectivity index (χ4v) is 0.785. The van der Waals surface area contributed by atoms with Gasteiger partial charge in [0.15, 0.2) is 0 Å². The SMILES string of the molecule is CC(C)CCNCC(C)(C)O. The number of hydrogen-bond donors (Lipinski definition) is 2. The lowest BCUT2D eigenvalue weighted by atomic mass is 10.1. The van der Waals surface area contributed by atoms with Crippen LogP contribution in [0.4, 0.5) is 0 Å². The molecule has 68 valence electrons. The van der Waals surface area contributed by atoms with Gasteiger partial charge in [0.25, 0.3) is 0 Å². The molecule has 0 aromatic carbocycles. The molecule has 2 N–H and O–H groups in total. The van der Waals surface area contributed by atoms with Gasteiger partial charge in [-0.25, -0.2) is 0 Å². The lowest BCUT2D eigenvalue weighted by Gasteiger charge is -2.17. The monoisotopic (exact) mass is 159 g/mol. The van der Waals surface area contributed by atoms with Crippen molar-refractivity contribution in [2.45, 2.75) is 39.7 Å². The Kier molecular flexibility index (Phi) is 4.69. The Hall–Kier alpha value is -0.0800. The van der Waals surface area contributed by atoms with E-state index in [0.29, 0.717) is 6.54 Å². The molecule has 0 aliphatic carbocycles. The van der Waals surface area contributed by atoms with Crippen molar-refractivity contribution >= 4 is 0 Å². The summed E-state index contributed by atoms with van der Waals surface area (Å²) in [7, 11) is 0. The molecule has 2 heteroatoms. The van der Waals surface area contributed by atoms with E-state index in [0.717, 1.165) is 12.5 Å². The van der Waals surface area contributed by atoms with Crippen LogP contribution in [0.25, 0.3) is 0 Å². The Labute approximate surface area is 70.0 Å². The highest BCUT2D eigenvalue weighted by Gasteiger charge is 2.10. The Morgan fingerprint density at radius 2 is 1.91 bits per heavy atom. The number of rotatable bonds is 5. The number of hydrogen-bond acceptors (Lipinski definition) is 2. The van der Waals surface area contributed by atoms with Crippen LogP contribution in [-0.2, 0) is 0 Å². The molecule has 11 heavy (non-hydrogen) atoms. The lowest BCUT2D eigenvalue weighted by molar-refractivity contribution is 0.0797. The van der Waals surface area contributed by atoms with E-state index >= 15 is 0 Å². The summed E-state index contributed by atoms with van der Waals surface area (Å²) >= 11 is 0. The predicted octanol–water partition coefficient (Wildman–Crippen LogP) is 1.39. The summed E-state index contributed by atoms with van der Waals surface area (Å²) in [6.07, 6.45) is 1.18. The molecule has 0 aromatic heterocycles. The van der Waals surface area contributed by atoms with Crippen LogP contribution in [-0.4, -0.2) is 23.8 Å². The second kappa shape index (κ2) is 4.73. The normalized spacial score (nSPS) is 12.5. The molecule has 0 spiro atoms. The molecule has 0 bridgehead atoms. The first-order valence-electron chi connectivity index (χ1n) is 4.35. The molecule has 0 saturated heterocycles. The van der Waals surface area contributed by atoms with Crippen LogP contribution < -0.4 is 5.32 Å². The highest BCUT2D eigenvalue weighted by Crippen LogP contribution is 1.99. The van der Waals surface area contributed by atoms with E-state index in [1.54, 1.807) is 0 Å². The maximum absolute atomic E-state index is 9.32. The van der Waals surface area contributed by atoms with E-state index in [4.69, 9.17) is 0 Å². The third-order valence-corrected chi connectivity index (χ3v) is 1.46. The van der Waals surface area contributed by atoms with Crippen LogP contribution in [0.1, 0.15) is 34.1 Å². The zero-order valence-electron chi connectivity index (χ0n) is 8.15. The highest BCUT2D eigenvalue weighted by molar-refractivity contribution is 4.68. The second-order valence-electron chi connectivity index (χ2n) is 4.17. The summed E-state index contributed by atoms with van der Waals surface area (Å²) in [5.41, 5.74) is -0.572. The van der Waals surface area contributed by atoms with Crippen molar-refractivity contribution in [3.8, 4) is 0 Å². The zero-order chi connectivity index (χ0) is 8.91. The largest absolute Gasteiger partial charge is 0.389 e. The van der Waals surface area contributed by atoms with Crippen molar-refractivity contribution in [1.82, 2.24) is 5.32 Å². The average Bonchev–Trinajstić information content (AvgIpc) is 1.78. The number of aliphatic hydroxyl groups is 1. The highest BCUT2D eigenvalue weighted by atomic mass is 16.3. The van der Waals surface area contributed by atoms with Crippen molar-refractivity contribution in [3.05, 3.63) is 0 Å². The van der Waals surface area contributed by atoms with Gasteiger partial charge in [-0.1, -0.05) is 13.8 Å². The van der Waals surface area contributed by atoms with Crippen molar-refractivity contribution in [2.24, 2.45) is 5.92 Å². The Morgan fingerprint density at radius 3 is 2.27 bits per heavy atom. The lowest BCUT2D eigenvalue weighted by Crippen LogP contribution is -2.35. The van der Waals surface area contributed by atoms with Gasteiger partial charge in [0.05, 0.1) is 5.60 Å². The summed E-state index contributed by atoms with van der Waals surface area (Å²) < 4.78 is 0. The third-order valence-electron chi connectivity index (χ3n) is 1.46. The van der Waals surface area contributed by atoms with Gasteiger partial charge < -0.3 is 10.4 Å². The topological polar surface area (TPSA) is 32.3 Å². The van der Waals surface area contributed by atoms with E-state index in [9.17, 15) is 5.11 Å². The van der Waals surface area contributed by atoms with Gasteiger partial charge in [0.2, 0.25) is 0 Å². The minimum atomic E-state index is -0.572. The average molecular weight is 159 g/mol. The maximum Gasteiger partial charge on any atom is 0.0715 e. The van der Waals surface area contributed by atoms with Gasteiger partial charge in [-0.3, -0.25) is 0 Å². The molecule has 0 heterocycles. The maximum atomic E-state index is 9.32. The minimum absolute atomic E-state index is 0.572. The molecule has 0 aliphatic rings. The summed E-state index contributed by atoms with van der Waals surface area (Å²) in [6.45, 7) is 9.71. The minimum Gasteiger partial charge on any atom is -0.389 e. The Morgan fingerprint density at radius 1 is 1.36 bits per heavy atom. The second-order valence-corrected chi connectivity index (χ2v) is 4.17. The smallest absolute Gasteiger partial charge is 0.0715 e. The molecular formula is C9H21NO. The van der Waals surface area contributed by atoms with Crippen LogP contribution in [0, 0.1) is 5.92 Å². The molecule has 0 rings (SSSR count). The molecule has 2 nitrogen and oxygen atoms in total. The van der Waals surface area contributed by atoms with E-state index in [2.05, 4.69) is 19.2 Å². The van der Waals surface area contributed by atoms with E-state index in [1.807, 2.05) is 13.8 Å². The van der Waals surface area contributed by atoms with Gasteiger partial charge in [-0.05, 0) is 32.7 Å². The van der Waals surface area contributed by atoms with Crippen molar-refractivity contribution in [3.63, 3.8) is 0 Å². The molecule has 0 atom stereocenters. The standard InChI is InChI=1S/C9H21NO/c1-8(2)5-6-10-7-9(3,4)11/h8,10-11H,5-7H2,1-4H3. The molecule has 0 amide bonds. The van der Waals surface area contributed by atoms with Gasteiger partial charge in [-0.15, -0.1) is 0 Å². The fourth-order valence-electron chi connectivity index (χ4n) is 0.785. The van der Waals surface area contributed by atoms with Crippen LogP contribution in [0.2, 0.25) is 0 Å². The molecule has 0 saturated carbocycles. The zero-order valence-corrected chi connectivity index (χ0v) is 8.15. The summed E-state index contributed by atoms with van der Waals surface area (Å²) in [4.78, 5) is 0. The van der Waals surface area contributed by atoms with Crippen LogP contribution in [0.5, 0.6) is 0 Å². The van der Waals surface area contributed by atoms with E-state index in [1.165, 1.54) is 6.42 Å². The molecule has 0 aliphatic heterocycles. The van der Waals surface area contributed by atoms with Gasteiger partial charge in [0.1, 0.15) is 0 Å². The first-order chi connectivity index (χ1) is 4.92. The van der Waals surface area contributed by atoms with Crippen LogP contribution in [0.3, 0.4) is 0 Å². The van der Waals surface area contributed by atoms with Crippen LogP contribution >= 0.6 is 0 Å². The Bertz CT molecular complexity index is 94.2. The van der Waals surface area contributed by atoms with Gasteiger partial charge in [0, 0.05) is 6.54 Å². The van der Waals surface area contributed by atoms with Crippen molar-refractivity contribution in [1.29, 1.82) is 0 Å². The van der Waals surface area contributed by atoms with Crippen LogP contribution in [0.15, 0.2) is 0 Å². The van der Waals surface area contributed by atoms with Crippen molar-refractivity contribution < 1.29 is 5.11 Å². The molecule has 0 aromatic rings. The molecular weight excluding hydrogens is 138 g/mol. The van der Waals surface area contributed by atoms with Gasteiger partial charge >= 0.3 is 0 Å². The van der Waals surface area contributed by atoms with E-state index in [-0.39, 0.29) is 0 Å². The number of nitrogens with one attached hydrogen (secondary N) is 1. The Balaban J connectivity index is 3.15. The molecule has 0 fully saturated rings. The predicted molar refractivity (Wildman–Crippen MR) is 48.6 cm³/mol. The fraction of sp³-hybridized carbons (Fsp3) is 1.00. The van der Waals surface area contributed by atoms with Gasteiger partial charge in [-0.2, -0.15) is 0 Å². The van der Waals surface area contributed by atoms with E-state index < -0.39 is 5.60 Å². The first-order valence-corrected chi connectivity index (χ1v) is 4.35.